The molecule has 1 aliphatic rings. The third kappa shape index (κ3) is 5.54. The summed E-state index contributed by atoms with van der Waals surface area (Å²) in [4.78, 5) is 43.5. The molecule has 8 nitrogen and oxygen atoms in total. The monoisotopic (exact) mass is 415 g/mol. The lowest BCUT2D eigenvalue weighted by molar-refractivity contribution is -0.121. The van der Waals surface area contributed by atoms with E-state index < -0.39 is 0 Å². The van der Waals surface area contributed by atoms with Gasteiger partial charge in [0.15, 0.2) is 5.13 Å². The first-order valence-corrected chi connectivity index (χ1v) is 10.5. The predicted octanol–water partition coefficient (Wildman–Crippen LogP) is 3.16. The average molecular weight is 416 g/mol. The zero-order valence-corrected chi connectivity index (χ0v) is 17.3. The molecule has 0 saturated carbocycles. The van der Waals surface area contributed by atoms with E-state index in [2.05, 4.69) is 20.9 Å². The molecule has 1 unspecified atom stereocenters. The summed E-state index contributed by atoms with van der Waals surface area (Å²) in [6, 6.07) is 6.53. The quantitative estimate of drug-likeness (QED) is 0.698. The summed E-state index contributed by atoms with van der Waals surface area (Å²) in [5.41, 5.74) is 0.859. The average Bonchev–Trinajstić information content (AvgIpc) is 3.20. The van der Waals surface area contributed by atoms with Gasteiger partial charge in [-0.15, -0.1) is 11.3 Å². The summed E-state index contributed by atoms with van der Waals surface area (Å²) in [6.45, 7) is 4.64. The fourth-order valence-corrected chi connectivity index (χ4v) is 3.77. The van der Waals surface area contributed by atoms with Crippen molar-refractivity contribution in [3.63, 3.8) is 0 Å². The lowest BCUT2D eigenvalue weighted by Gasteiger charge is -2.32. The first-order valence-electron chi connectivity index (χ1n) is 9.60. The Balaban J connectivity index is 1.68. The van der Waals surface area contributed by atoms with Crippen LogP contribution in [0.5, 0.6) is 0 Å². The maximum atomic E-state index is 13.1. The standard InChI is InChI=1S/C20H25N5O3S/c1-13(2)22-19(28)23-16-8-4-3-7-15(16)18(27)25-10-5-6-14(12-25)17(26)24-20-21-9-11-29-20/h3-4,7-9,11,13-14H,5-6,10,12H2,1-2H3,(H,21,24,26)(H2,22,23,28). The lowest BCUT2D eigenvalue weighted by Crippen LogP contribution is -2.44. The maximum absolute atomic E-state index is 13.1. The van der Waals surface area contributed by atoms with Crippen LogP contribution in [0.1, 0.15) is 37.0 Å². The smallest absolute Gasteiger partial charge is 0.319 e. The largest absolute Gasteiger partial charge is 0.338 e. The number of hydrogen-bond acceptors (Lipinski definition) is 5. The van der Waals surface area contributed by atoms with Crippen LogP contribution in [0, 0.1) is 5.92 Å². The molecule has 4 amide bonds. The molecule has 2 heterocycles. The van der Waals surface area contributed by atoms with Crippen LogP contribution >= 0.6 is 11.3 Å². The number of anilines is 2. The maximum Gasteiger partial charge on any atom is 0.319 e. The van der Waals surface area contributed by atoms with Gasteiger partial charge in [0.2, 0.25) is 5.91 Å². The Morgan fingerprint density at radius 2 is 2.00 bits per heavy atom. The summed E-state index contributed by atoms with van der Waals surface area (Å²) in [6.07, 6.45) is 3.10. The Labute approximate surface area is 173 Å². The first-order chi connectivity index (χ1) is 13.9. The van der Waals surface area contributed by atoms with Crippen molar-refractivity contribution < 1.29 is 14.4 Å². The molecule has 3 N–H and O–H groups in total. The van der Waals surface area contributed by atoms with Gasteiger partial charge in [-0.25, -0.2) is 9.78 Å². The van der Waals surface area contributed by atoms with Gasteiger partial charge < -0.3 is 20.9 Å². The number of piperidine rings is 1. The minimum Gasteiger partial charge on any atom is -0.338 e. The zero-order valence-electron chi connectivity index (χ0n) is 16.5. The Morgan fingerprint density at radius 3 is 2.72 bits per heavy atom. The van der Waals surface area contributed by atoms with Crippen molar-refractivity contribution >= 4 is 40.0 Å². The highest BCUT2D eigenvalue weighted by Gasteiger charge is 2.30. The van der Waals surface area contributed by atoms with E-state index in [1.54, 1.807) is 40.7 Å². The van der Waals surface area contributed by atoms with Crippen molar-refractivity contribution in [2.45, 2.75) is 32.7 Å². The summed E-state index contributed by atoms with van der Waals surface area (Å²) in [7, 11) is 0. The molecule has 154 valence electrons. The molecule has 3 rings (SSSR count). The number of aromatic nitrogens is 1. The number of nitrogens with zero attached hydrogens (tertiary/aromatic N) is 2. The molecular weight excluding hydrogens is 390 g/mol. The molecule has 29 heavy (non-hydrogen) atoms. The van der Waals surface area contributed by atoms with Crippen LogP contribution in [0.25, 0.3) is 0 Å². The van der Waals surface area contributed by atoms with Gasteiger partial charge in [0.1, 0.15) is 0 Å². The van der Waals surface area contributed by atoms with Gasteiger partial charge in [0.05, 0.1) is 17.2 Å². The summed E-state index contributed by atoms with van der Waals surface area (Å²) in [5, 5.41) is 10.7. The number of para-hydroxylation sites is 1. The number of hydrogen-bond donors (Lipinski definition) is 3. The van der Waals surface area contributed by atoms with Crippen molar-refractivity contribution in [3.8, 4) is 0 Å². The second-order valence-corrected chi connectivity index (χ2v) is 8.11. The molecular formula is C20H25N5O3S. The number of rotatable bonds is 5. The van der Waals surface area contributed by atoms with Crippen LogP contribution < -0.4 is 16.0 Å². The molecule has 1 fully saturated rings. The molecule has 1 saturated heterocycles. The van der Waals surface area contributed by atoms with Gasteiger partial charge in [-0.3, -0.25) is 9.59 Å². The van der Waals surface area contributed by atoms with Gasteiger partial charge in [0.25, 0.3) is 5.91 Å². The van der Waals surface area contributed by atoms with E-state index in [4.69, 9.17) is 0 Å². The predicted molar refractivity (Wildman–Crippen MR) is 113 cm³/mol. The fourth-order valence-electron chi connectivity index (χ4n) is 3.24. The highest BCUT2D eigenvalue weighted by molar-refractivity contribution is 7.13. The van der Waals surface area contributed by atoms with E-state index in [9.17, 15) is 14.4 Å². The fraction of sp³-hybridized carbons (Fsp3) is 0.400. The molecule has 1 aromatic carbocycles. The topological polar surface area (TPSA) is 103 Å². The van der Waals surface area contributed by atoms with E-state index in [1.165, 1.54) is 11.3 Å². The number of carbonyl (C=O) groups excluding carboxylic acids is 3. The van der Waals surface area contributed by atoms with Crippen molar-refractivity contribution in [1.82, 2.24) is 15.2 Å². The molecule has 0 bridgehead atoms. The van der Waals surface area contributed by atoms with Gasteiger partial charge in [0, 0.05) is 30.7 Å². The molecule has 1 aliphatic heterocycles. The van der Waals surface area contributed by atoms with E-state index in [-0.39, 0.29) is 29.8 Å². The number of nitrogens with one attached hydrogen (secondary N) is 3. The van der Waals surface area contributed by atoms with Crippen LogP contribution in [0.3, 0.4) is 0 Å². The number of benzene rings is 1. The van der Waals surface area contributed by atoms with Crippen LogP contribution in [0.15, 0.2) is 35.8 Å². The van der Waals surface area contributed by atoms with Crippen molar-refractivity contribution in [1.29, 1.82) is 0 Å². The summed E-state index contributed by atoms with van der Waals surface area (Å²) in [5.74, 6) is -0.613. The van der Waals surface area contributed by atoms with Crippen LogP contribution in [0.2, 0.25) is 0 Å². The Hall–Kier alpha value is -2.94. The van der Waals surface area contributed by atoms with Gasteiger partial charge >= 0.3 is 6.03 Å². The minimum atomic E-state index is -0.361. The lowest BCUT2D eigenvalue weighted by atomic mass is 9.96. The minimum absolute atomic E-state index is 0.0166. The number of thiazole rings is 1. The summed E-state index contributed by atoms with van der Waals surface area (Å²) < 4.78 is 0. The van der Waals surface area contributed by atoms with Gasteiger partial charge in [-0.2, -0.15) is 0 Å². The van der Waals surface area contributed by atoms with Crippen molar-refractivity contribution in [2.24, 2.45) is 5.92 Å². The second-order valence-electron chi connectivity index (χ2n) is 7.22. The molecule has 0 spiro atoms. The van der Waals surface area contributed by atoms with Crippen molar-refractivity contribution in [3.05, 3.63) is 41.4 Å². The molecule has 1 aromatic heterocycles. The third-order valence-corrected chi connectivity index (χ3v) is 5.26. The first kappa shape index (κ1) is 20.8. The highest BCUT2D eigenvalue weighted by Crippen LogP contribution is 2.24. The normalized spacial score (nSPS) is 16.4. The molecule has 1 atom stereocenters. The number of amides is 4. The highest BCUT2D eigenvalue weighted by atomic mass is 32.1. The van der Waals surface area contributed by atoms with Crippen LogP contribution in [-0.2, 0) is 4.79 Å². The van der Waals surface area contributed by atoms with Crippen LogP contribution in [0.4, 0.5) is 15.6 Å². The SMILES string of the molecule is CC(C)NC(=O)Nc1ccccc1C(=O)N1CCCC(C(=O)Nc2nccs2)C1. The number of carbonyl (C=O) groups is 3. The van der Waals surface area contributed by atoms with E-state index in [0.29, 0.717) is 29.5 Å². The zero-order chi connectivity index (χ0) is 20.8. The molecule has 0 aliphatic carbocycles. The van der Waals surface area contributed by atoms with E-state index >= 15 is 0 Å². The van der Waals surface area contributed by atoms with Crippen molar-refractivity contribution in [2.75, 3.05) is 23.7 Å². The Kier molecular flexibility index (Phi) is 6.82. The second kappa shape index (κ2) is 9.51. The van der Waals surface area contributed by atoms with Gasteiger partial charge in [-0.1, -0.05) is 12.1 Å². The molecule has 9 heteroatoms. The molecule has 0 radical (unpaired) electrons. The summed E-state index contributed by atoms with van der Waals surface area (Å²) >= 11 is 1.36. The Morgan fingerprint density at radius 1 is 1.21 bits per heavy atom. The van der Waals surface area contributed by atoms with Gasteiger partial charge in [-0.05, 0) is 38.8 Å². The van der Waals surface area contributed by atoms with Crippen LogP contribution in [-0.4, -0.2) is 46.9 Å². The Bertz CT molecular complexity index is 869. The number of urea groups is 1. The number of likely N-dealkylation sites (tertiary alicyclic amines) is 1. The van der Waals surface area contributed by atoms with E-state index in [1.807, 2.05) is 13.8 Å². The third-order valence-electron chi connectivity index (χ3n) is 4.57. The molecule has 2 aromatic rings. The van der Waals surface area contributed by atoms with E-state index in [0.717, 1.165) is 12.8 Å².